The number of fused-ring (bicyclic) bond motifs is 1. The largest absolute Gasteiger partial charge is 0.494 e. The van der Waals surface area contributed by atoms with Gasteiger partial charge in [-0.05, 0) is 43.3 Å². The molecule has 2 aliphatic rings. The molecule has 36 heavy (non-hydrogen) atoms. The van der Waals surface area contributed by atoms with E-state index in [0.29, 0.717) is 44.7 Å². The number of piperazine rings is 1. The van der Waals surface area contributed by atoms with Crippen LogP contribution in [0, 0.1) is 16.0 Å². The van der Waals surface area contributed by atoms with Crippen LogP contribution in [0.4, 0.5) is 17.1 Å². The third-order valence-corrected chi connectivity index (χ3v) is 6.83. The van der Waals surface area contributed by atoms with Crippen molar-refractivity contribution in [3.8, 4) is 5.75 Å². The minimum absolute atomic E-state index is 0.00538. The molecule has 3 aromatic rings. The number of anilines is 2. The first-order valence-corrected chi connectivity index (χ1v) is 12.0. The number of hydrogen-bond donors (Lipinski definition) is 0. The van der Waals surface area contributed by atoms with Crippen molar-refractivity contribution in [2.24, 2.45) is 5.92 Å². The topological polar surface area (TPSA) is 109 Å². The van der Waals surface area contributed by atoms with Gasteiger partial charge >= 0.3 is 0 Å². The molecule has 0 aliphatic carbocycles. The fourth-order valence-corrected chi connectivity index (χ4v) is 5.03. The summed E-state index contributed by atoms with van der Waals surface area (Å²) in [6.45, 7) is 5.11. The van der Waals surface area contributed by atoms with E-state index in [1.807, 2.05) is 36.1 Å². The molecule has 1 aromatic heterocycles. The highest BCUT2D eigenvalue weighted by Gasteiger charge is 2.38. The van der Waals surface area contributed by atoms with Crippen LogP contribution in [0.2, 0.25) is 0 Å². The van der Waals surface area contributed by atoms with Gasteiger partial charge in [0.15, 0.2) is 0 Å². The number of amides is 2. The molecule has 2 aliphatic heterocycles. The zero-order valence-electron chi connectivity index (χ0n) is 20.0. The normalized spacial score (nSPS) is 18.1. The van der Waals surface area contributed by atoms with Crippen LogP contribution in [0.15, 0.2) is 54.9 Å². The molecule has 0 spiro atoms. The number of hydrogen-bond acceptors (Lipinski definition) is 7. The fraction of sp³-hybridized carbons (Fsp3) is 0.346. The summed E-state index contributed by atoms with van der Waals surface area (Å²) < 4.78 is 5.47. The van der Waals surface area contributed by atoms with Gasteiger partial charge in [0, 0.05) is 74.4 Å². The molecule has 0 saturated carbocycles. The van der Waals surface area contributed by atoms with Gasteiger partial charge in [-0.3, -0.25) is 24.7 Å². The van der Waals surface area contributed by atoms with Gasteiger partial charge in [0.2, 0.25) is 11.8 Å². The Balaban J connectivity index is 1.24. The van der Waals surface area contributed by atoms with Crippen LogP contribution in [0.3, 0.4) is 0 Å². The minimum Gasteiger partial charge on any atom is -0.494 e. The van der Waals surface area contributed by atoms with Crippen molar-refractivity contribution in [1.82, 2.24) is 9.88 Å². The van der Waals surface area contributed by atoms with Crippen molar-refractivity contribution >= 4 is 39.6 Å². The molecule has 5 rings (SSSR count). The fourth-order valence-electron chi connectivity index (χ4n) is 5.03. The third kappa shape index (κ3) is 4.41. The lowest BCUT2D eigenvalue weighted by atomic mass is 10.1. The van der Waals surface area contributed by atoms with Crippen molar-refractivity contribution in [3.05, 3.63) is 65.0 Å². The summed E-state index contributed by atoms with van der Waals surface area (Å²) in [4.78, 5) is 46.6. The minimum atomic E-state index is -0.399. The van der Waals surface area contributed by atoms with Gasteiger partial charge in [0.05, 0.1) is 22.8 Å². The number of nitrogens with zero attached hydrogens (tertiary/aromatic N) is 5. The molecule has 1 atom stereocenters. The molecule has 2 saturated heterocycles. The van der Waals surface area contributed by atoms with Crippen LogP contribution in [-0.2, 0) is 9.59 Å². The molecule has 2 fully saturated rings. The summed E-state index contributed by atoms with van der Waals surface area (Å²) in [5, 5.41) is 12.7. The second-order valence-corrected chi connectivity index (χ2v) is 8.93. The second-order valence-electron chi connectivity index (χ2n) is 8.93. The van der Waals surface area contributed by atoms with Crippen LogP contribution < -0.4 is 14.5 Å². The quantitative estimate of drug-likeness (QED) is 0.386. The first kappa shape index (κ1) is 23.5. The van der Waals surface area contributed by atoms with E-state index >= 15 is 0 Å². The maximum Gasteiger partial charge on any atom is 0.278 e. The number of carbonyl (C=O) groups excluding carboxylic acids is 2. The molecule has 2 aromatic carbocycles. The Morgan fingerprint density at radius 3 is 2.53 bits per heavy atom. The van der Waals surface area contributed by atoms with Gasteiger partial charge in [-0.25, -0.2) is 0 Å². The predicted molar refractivity (Wildman–Crippen MR) is 135 cm³/mol. The third-order valence-electron chi connectivity index (χ3n) is 6.83. The van der Waals surface area contributed by atoms with E-state index in [-0.39, 0.29) is 29.8 Å². The molecule has 10 nitrogen and oxygen atoms in total. The number of nitro benzene ring substituents is 1. The van der Waals surface area contributed by atoms with Gasteiger partial charge in [0.25, 0.3) is 5.69 Å². The van der Waals surface area contributed by atoms with E-state index in [9.17, 15) is 19.7 Å². The van der Waals surface area contributed by atoms with Gasteiger partial charge < -0.3 is 19.4 Å². The van der Waals surface area contributed by atoms with Crippen LogP contribution in [-0.4, -0.2) is 66.0 Å². The Morgan fingerprint density at radius 2 is 1.83 bits per heavy atom. The Morgan fingerprint density at radius 1 is 1.08 bits per heavy atom. The van der Waals surface area contributed by atoms with E-state index in [2.05, 4.69) is 9.88 Å². The lowest BCUT2D eigenvalue weighted by Crippen LogP contribution is -2.50. The summed E-state index contributed by atoms with van der Waals surface area (Å²) in [7, 11) is 0. The Labute approximate surface area is 208 Å². The number of pyridine rings is 1. The Bertz CT molecular complexity index is 1300. The Hall–Kier alpha value is -4.21. The monoisotopic (exact) mass is 489 g/mol. The number of ether oxygens (including phenoxy) is 1. The van der Waals surface area contributed by atoms with Crippen LogP contribution >= 0.6 is 0 Å². The number of aromatic nitrogens is 1. The highest BCUT2D eigenvalue weighted by molar-refractivity contribution is 6.01. The second kappa shape index (κ2) is 9.80. The highest BCUT2D eigenvalue weighted by atomic mass is 16.6. The first-order valence-electron chi connectivity index (χ1n) is 12.0. The zero-order chi connectivity index (χ0) is 25.2. The number of nitro groups is 1. The number of non-ortho nitro benzene ring substituents is 1. The lowest BCUT2D eigenvalue weighted by molar-refractivity contribution is -0.383. The van der Waals surface area contributed by atoms with E-state index in [0.717, 1.165) is 22.5 Å². The molecule has 186 valence electrons. The molecule has 3 heterocycles. The van der Waals surface area contributed by atoms with E-state index in [1.54, 1.807) is 23.2 Å². The smallest absolute Gasteiger partial charge is 0.278 e. The first-order chi connectivity index (χ1) is 17.5. The van der Waals surface area contributed by atoms with Gasteiger partial charge in [-0.2, -0.15) is 0 Å². The van der Waals surface area contributed by atoms with Crippen molar-refractivity contribution in [1.29, 1.82) is 0 Å². The average molecular weight is 490 g/mol. The molecule has 1 unspecified atom stereocenters. The van der Waals surface area contributed by atoms with Gasteiger partial charge in [-0.1, -0.05) is 0 Å². The van der Waals surface area contributed by atoms with Crippen LogP contribution in [0.5, 0.6) is 5.75 Å². The highest BCUT2D eigenvalue weighted by Crippen LogP contribution is 2.34. The summed E-state index contributed by atoms with van der Waals surface area (Å²) >= 11 is 0. The average Bonchev–Trinajstić information content (AvgIpc) is 3.29. The molecular weight excluding hydrogens is 462 g/mol. The van der Waals surface area contributed by atoms with E-state index in [1.165, 1.54) is 12.3 Å². The van der Waals surface area contributed by atoms with Gasteiger partial charge in [-0.15, -0.1) is 0 Å². The van der Waals surface area contributed by atoms with Crippen molar-refractivity contribution in [2.75, 3.05) is 49.1 Å². The maximum atomic E-state index is 13.3. The van der Waals surface area contributed by atoms with Crippen molar-refractivity contribution in [3.63, 3.8) is 0 Å². The summed E-state index contributed by atoms with van der Waals surface area (Å²) in [6.07, 6.45) is 3.35. The van der Waals surface area contributed by atoms with Crippen LogP contribution in [0.25, 0.3) is 10.8 Å². The molecular formula is C26H27N5O5. The summed E-state index contributed by atoms with van der Waals surface area (Å²) in [6, 6.07) is 12.4. The van der Waals surface area contributed by atoms with E-state index in [4.69, 9.17) is 4.74 Å². The molecule has 0 bridgehead atoms. The number of benzene rings is 2. The number of carbonyl (C=O) groups is 2. The Kier molecular flexibility index (Phi) is 6.41. The number of rotatable bonds is 6. The van der Waals surface area contributed by atoms with Crippen molar-refractivity contribution < 1.29 is 19.2 Å². The standard InChI is InChI=1S/C26H27N5O5/c1-2-36-20-5-3-19(4-6-20)30-17-18(15-25(30)32)26(33)29-13-11-28(12-14-29)23-7-8-24(31(34)35)22-16-27-10-9-21(22)23/h3-10,16,18H,2,11-15,17H2,1H3. The van der Waals surface area contributed by atoms with E-state index < -0.39 is 4.92 Å². The molecule has 10 heteroatoms. The zero-order valence-corrected chi connectivity index (χ0v) is 20.0. The lowest BCUT2D eigenvalue weighted by Gasteiger charge is -2.37. The molecule has 2 amide bonds. The maximum absolute atomic E-state index is 13.3. The summed E-state index contributed by atoms with van der Waals surface area (Å²) in [5.41, 5.74) is 1.68. The van der Waals surface area contributed by atoms with Crippen molar-refractivity contribution in [2.45, 2.75) is 13.3 Å². The summed E-state index contributed by atoms with van der Waals surface area (Å²) in [5.74, 6) is 0.314. The predicted octanol–water partition coefficient (Wildman–Crippen LogP) is 3.24. The molecule has 0 N–H and O–H groups in total. The van der Waals surface area contributed by atoms with Gasteiger partial charge in [0.1, 0.15) is 5.75 Å². The SMILES string of the molecule is CCOc1ccc(N2CC(C(=O)N3CCN(c4ccc([N+](=O)[O-])c5cnccc45)CC3)CC2=O)cc1. The molecule has 0 radical (unpaired) electrons. The van der Waals surface area contributed by atoms with Crippen LogP contribution in [0.1, 0.15) is 13.3 Å².